The van der Waals surface area contributed by atoms with Crippen molar-refractivity contribution in [3.8, 4) is 6.07 Å². The zero-order valence-corrected chi connectivity index (χ0v) is 12.1. The Hall–Kier alpha value is -1.97. The van der Waals surface area contributed by atoms with Crippen molar-refractivity contribution < 1.29 is 9.53 Å². The van der Waals surface area contributed by atoms with Gasteiger partial charge < -0.3 is 20.7 Å². The molecule has 2 heterocycles. The molecule has 0 radical (unpaired) electrons. The Kier molecular flexibility index (Phi) is 3.62. The highest BCUT2D eigenvalue weighted by Crippen LogP contribution is 2.34. The first-order valence-electron chi connectivity index (χ1n) is 6.73. The lowest BCUT2D eigenvalue weighted by Gasteiger charge is -2.42. The lowest BCUT2D eigenvalue weighted by Crippen LogP contribution is -2.59. The molecule has 0 aliphatic carbocycles. The third-order valence-corrected chi connectivity index (χ3v) is 4.30. The zero-order chi connectivity index (χ0) is 15.0. The van der Waals surface area contributed by atoms with Crippen molar-refractivity contribution in [1.29, 1.82) is 5.26 Å². The number of nitrogens with two attached hydrogens (primary N) is 1. The van der Waals surface area contributed by atoms with Crippen molar-refractivity contribution in [2.45, 2.75) is 18.6 Å². The van der Waals surface area contributed by atoms with Gasteiger partial charge in [-0.2, -0.15) is 5.26 Å². The molecule has 110 valence electrons. The van der Waals surface area contributed by atoms with Crippen LogP contribution in [0.2, 0.25) is 5.02 Å². The molecular formula is C14H15ClN4O2. The topological polar surface area (TPSA) is 91.4 Å². The molecular weight excluding hydrogens is 292 g/mol. The first kappa shape index (κ1) is 14.0. The molecule has 3 rings (SSSR count). The summed E-state index contributed by atoms with van der Waals surface area (Å²) in [5.41, 5.74) is 7.47. The average molecular weight is 307 g/mol. The van der Waals surface area contributed by atoms with Crippen LogP contribution in [0.25, 0.3) is 0 Å². The summed E-state index contributed by atoms with van der Waals surface area (Å²) in [7, 11) is 0. The van der Waals surface area contributed by atoms with Gasteiger partial charge in [-0.3, -0.25) is 4.79 Å². The third kappa shape index (κ3) is 2.62. The molecule has 7 heteroatoms. The molecule has 1 aromatic rings. The molecule has 2 saturated heterocycles. The van der Waals surface area contributed by atoms with Gasteiger partial charge in [-0.1, -0.05) is 11.6 Å². The Labute approximate surface area is 127 Å². The molecule has 0 unspecified atom stereocenters. The normalized spacial score (nSPS) is 25.0. The van der Waals surface area contributed by atoms with Crippen LogP contribution < -0.4 is 16.0 Å². The summed E-state index contributed by atoms with van der Waals surface area (Å²) in [6, 6.07) is 5.42. The Balaban J connectivity index is 1.84. The molecule has 21 heavy (non-hydrogen) atoms. The first-order chi connectivity index (χ1) is 10.1. The number of nitrogen functional groups attached to an aromatic ring is 1. The Morgan fingerprint density at radius 1 is 1.52 bits per heavy atom. The van der Waals surface area contributed by atoms with E-state index in [1.54, 1.807) is 12.1 Å². The summed E-state index contributed by atoms with van der Waals surface area (Å²) in [6.07, 6.45) is 0.697. The number of anilines is 2. The molecule has 1 aromatic carbocycles. The van der Waals surface area contributed by atoms with Gasteiger partial charge in [0.2, 0.25) is 5.91 Å². The van der Waals surface area contributed by atoms with Crippen molar-refractivity contribution in [2.75, 3.05) is 30.3 Å². The first-order valence-corrected chi connectivity index (χ1v) is 7.11. The molecule has 0 bridgehead atoms. The highest BCUT2D eigenvalue weighted by atomic mass is 35.5. The van der Waals surface area contributed by atoms with E-state index in [4.69, 9.17) is 27.3 Å². The van der Waals surface area contributed by atoms with Crippen LogP contribution in [0.1, 0.15) is 12.0 Å². The van der Waals surface area contributed by atoms with Crippen molar-refractivity contribution in [1.82, 2.24) is 5.32 Å². The van der Waals surface area contributed by atoms with Crippen molar-refractivity contribution >= 4 is 28.9 Å². The molecule has 2 aliphatic heterocycles. The van der Waals surface area contributed by atoms with E-state index in [0.29, 0.717) is 22.8 Å². The van der Waals surface area contributed by atoms with Crippen LogP contribution in [0, 0.1) is 11.3 Å². The van der Waals surface area contributed by atoms with Crippen LogP contribution in [-0.4, -0.2) is 37.7 Å². The monoisotopic (exact) mass is 306 g/mol. The number of fused-ring (bicyclic) bond motifs is 1. The largest absolute Gasteiger partial charge is 0.397 e. The van der Waals surface area contributed by atoms with Crippen molar-refractivity contribution in [3.05, 3.63) is 22.7 Å². The minimum atomic E-state index is -0.0709. The van der Waals surface area contributed by atoms with Crippen LogP contribution >= 0.6 is 11.6 Å². The van der Waals surface area contributed by atoms with Gasteiger partial charge in [0.25, 0.3) is 0 Å². The van der Waals surface area contributed by atoms with Crippen LogP contribution in [-0.2, 0) is 9.53 Å². The standard InChI is InChI=1S/C14H15ClN4O2/c15-14-9(17)3-8(5-16)4-11(14)19-2-1-10-12(6-19)21-7-13(20)18-10/h3-4,10,12H,1-2,6-7,17H2,(H,18,20)/t10-,12-/m1/s1. The van der Waals surface area contributed by atoms with Gasteiger partial charge in [-0.05, 0) is 18.6 Å². The van der Waals surface area contributed by atoms with E-state index in [9.17, 15) is 4.79 Å². The quantitative estimate of drug-likeness (QED) is 0.752. The van der Waals surface area contributed by atoms with Gasteiger partial charge in [-0.15, -0.1) is 0 Å². The predicted molar refractivity (Wildman–Crippen MR) is 79.1 cm³/mol. The van der Waals surface area contributed by atoms with Gasteiger partial charge in [0.05, 0.1) is 40.2 Å². The van der Waals surface area contributed by atoms with Gasteiger partial charge in [-0.25, -0.2) is 0 Å². The fourth-order valence-corrected chi connectivity index (χ4v) is 3.05. The summed E-state index contributed by atoms with van der Waals surface area (Å²) in [4.78, 5) is 13.4. The molecule has 0 spiro atoms. The predicted octanol–water partition coefficient (Wildman–Crippen LogP) is 0.888. The molecule has 1 amide bonds. The summed E-state index contributed by atoms with van der Waals surface area (Å²) in [5.74, 6) is -0.0709. The lowest BCUT2D eigenvalue weighted by atomic mass is 9.99. The highest BCUT2D eigenvalue weighted by Gasteiger charge is 2.35. The Bertz CT molecular complexity index is 628. The van der Waals surface area contributed by atoms with E-state index < -0.39 is 0 Å². The van der Waals surface area contributed by atoms with Crippen LogP contribution in [0.4, 0.5) is 11.4 Å². The summed E-state index contributed by atoms with van der Waals surface area (Å²) >= 11 is 6.27. The highest BCUT2D eigenvalue weighted by molar-refractivity contribution is 6.35. The number of piperidine rings is 1. The van der Waals surface area contributed by atoms with E-state index in [1.165, 1.54) is 0 Å². The summed E-state index contributed by atoms with van der Waals surface area (Å²) < 4.78 is 5.58. The smallest absolute Gasteiger partial charge is 0.246 e. The Morgan fingerprint density at radius 2 is 2.33 bits per heavy atom. The van der Waals surface area contributed by atoms with Crippen LogP contribution in [0.15, 0.2) is 12.1 Å². The second kappa shape index (κ2) is 5.43. The number of amides is 1. The van der Waals surface area contributed by atoms with Crippen LogP contribution in [0.5, 0.6) is 0 Å². The number of rotatable bonds is 1. The summed E-state index contributed by atoms with van der Waals surface area (Å²) in [5, 5.41) is 12.4. The molecule has 0 saturated carbocycles. The van der Waals surface area contributed by atoms with Gasteiger partial charge >= 0.3 is 0 Å². The van der Waals surface area contributed by atoms with E-state index in [0.717, 1.165) is 18.7 Å². The number of benzene rings is 1. The molecule has 0 aromatic heterocycles. The van der Waals surface area contributed by atoms with Gasteiger partial charge in [0.15, 0.2) is 0 Å². The maximum absolute atomic E-state index is 11.3. The average Bonchev–Trinajstić information content (AvgIpc) is 2.49. The van der Waals surface area contributed by atoms with Gasteiger partial charge in [0.1, 0.15) is 6.61 Å². The van der Waals surface area contributed by atoms with E-state index in [2.05, 4.69) is 16.3 Å². The zero-order valence-electron chi connectivity index (χ0n) is 11.3. The Morgan fingerprint density at radius 3 is 3.10 bits per heavy atom. The molecule has 2 fully saturated rings. The fraction of sp³-hybridized carbons (Fsp3) is 0.429. The third-order valence-electron chi connectivity index (χ3n) is 3.89. The minimum absolute atomic E-state index is 0.0396. The van der Waals surface area contributed by atoms with Crippen LogP contribution in [0.3, 0.4) is 0 Å². The van der Waals surface area contributed by atoms with E-state index in [1.807, 2.05) is 0 Å². The number of morpholine rings is 1. The maximum Gasteiger partial charge on any atom is 0.246 e. The lowest BCUT2D eigenvalue weighted by molar-refractivity contribution is -0.137. The number of nitrogens with zero attached hydrogens (tertiary/aromatic N) is 2. The number of carbonyl (C=O) groups is 1. The second-order valence-corrected chi connectivity index (χ2v) is 5.65. The number of hydrogen-bond donors (Lipinski definition) is 2. The van der Waals surface area contributed by atoms with Crippen molar-refractivity contribution in [2.24, 2.45) is 0 Å². The fourth-order valence-electron chi connectivity index (χ4n) is 2.83. The SMILES string of the molecule is N#Cc1cc(N)c(Cl)c(N2CC[C@H]3NC(=O)CO[C@@H]3C2)c1. The second-order valence-electron chi connectivity index (χ2n) is 5.27. The molecule has 3 N–H and O–H groups in total. The van der Waals surface area contributed by atoms with Crippen molar-refractivity contribution in [3.63, 3.8) is 0 Å². The molecule has 6 nitrogen and oxygen atoms in total. The molecule has 2 aliphatic rings. The van der Waals surface area contributed by atoms with E-state index >= 15 is 0 Å². The molecule has 2 atom stereocenters. The number of ether oxygens (including phenoxy) is 1. The number of nitrogens with one attached hydrogen (secondary N) is 1. The summed E-state index contributed by atoms with van der Waals surface area (Å²) in [6.45, 7) is 1.42. The maximum atomic E-state index is 11.3. The van der Waals surface area contributed by atoms with E-state index in [-0.39, 0.29) is 24.7 Å². The number of nitriles is 1. The minimum Gasteiger partial charge on any atom is -0.397 e. The number of carbonyl (C=O) groups excluding carboxylic acids is 1. The van der Waals surface area contributed by atoms with Gasteiger partial charge in [0, 0.05) is 13.1 Å². The number of hydrogen-bond acceptors (Lipinski definition) is 5. The number of halogens is 1.